The van der Waals surface area contributed by atoms with E-state index in [9.17, 15) is 0 Å². The minimum atomic E-state index is 0.237. The summed E-state index contributed by atoms with van der Waals surface area (Å²) in [5.74, 6) is 0.649. The number of aliphatic hydroxyl groups excluding tert-OH is 1. The summed E-state index contributed by atoms with van der Waals surface area (Å²) in [5, 5.41) is 12.6. The van der Waals surface area contributed by atoms with Gasteiger partial charge in [0.25, 0.3) is 0 Å². The monoisotopic (exact) mass is 356 g/mol. The van der Waals surface area contributed by atoms with E-state index in [1.165, 1.54) is 11.3 Å². The number of halogens is 1. The highest BCUT2D eigenvalue weighted by Gasteiger charge is 2.14. The molecule has 0 amide bonds. The number of anilines is 1. The second kappa shape index (κ2) is 9.44. The third-order valence-corrected chi connectivity index (χ3v) is 3.89. The van der Waals surface area contributed by atoms with Crippen molar-refractivity contribution in [3.05, 3.63) is 28.2 Å². The SMILES string of the molecule is CC(C)CNCc1cc(Br)ccc1N(CCCO)C(C)C. The average molecular weight is 357 g/mol. The molecular formula is C17H29BrN2O. The van der Waals surface area contributed by atoms with Crippen molar-refractivity contribution >= 4 is 21.6 Å². The largest absolute Gasteiger partial charge is 0.396 e. The van der Waals surface area contributed by atoms with Gasteiger partial charge in [-0.15, -0.1) is 0 Å². The number of rotatable bonds is 9. The van der Waals surface area contributed by atoms with Crippen molar-refractivity contribution in [2.45, 2.75) is 46.7 Å². The molecule has 4 heteroatoms. The van der Waals surface area contributed by atoms with Gasteiger partial charge >= 0.3 is 0 Å². The smallest absolute Gasteiger partial charge is 0.0447 e. The Morgan fingerprint density at radius 1 is 1.24 bits per heavy atom. The van der Waals surface area contributed by atoms with E-state index in [4.69, 9.17) is 5.11 Å². The highest BCUT2D eigenvalue weighted by atomic mass is 79.9. The van der Waals surface area contributed by atoms with E-state index in [1.807, 2.05) is 0 Å². The Labute approximate surface area is 137 Å². The zero-order valence-corrected chi connectivity index (χ0v) is 15.3. The number of nitrogens with one attached hydrogen (secondary N) is 1. The van der Waals surface area contributed by atoms with Gasteiger partial charge in [-0.1, -0.05) is 29.8 Å². The van der Waals surface area contributed by atoms with Crippen LogP contribution in [0, 0.1) is 5.92 Å². The van der Waals surface area contributed by atoms with Crippen LogP contribution in [0.25, 0.3) is 0 Å². The number of benzene rings is 1. The lowest BCUT2D eigenvalue weighted by Crippen LogP contribution is -2.33. The molecule has 0 spiro atoms. The summed E-state index contributed by atoms with van der Waals surface area (Å²) in [6.45, 7) is 11.8. The summed E-state index contributed by atoms with van der Waals surface area (Å²) >= 11 is 3.57. The van der Waals surface area contributed by atoms with Crippen molar-refractivity contribution in [1.29, 1.82) is 0 Å². The number of hydrogen-bond donors (Lipinski definition) is 2. The molecule has 1 aromatic rings. The molecule has 0 aliphatic carbocycles. The Bertz CT molecular complexity index is 421. The molecule has 0 aromatic heterocycles. The van der Waals surface area contributed by atoms with Crippen LogP contribution in [0.4, 0.5) is 5.69 Å². The van der Waals surface area contributed by atoms with Crippen LogP contribution in [-0.2, 0) is 6.54 Å². The lowest BCUT2D eigenvalue weighted by Gasteiger charge is -2.31. The third kappa shape index (κ3) is 6.37. The fourth-order valence-corrected chi connectivity index (χ4v) is 2.78. The average Bonchev–Trinajstić information content (AvgIpc) is 2.40. The fraction of sp³-hybridized carbons (Fsp3) is 0.647. The number of nitrogens with zero attached hydrogens (tertiary/aromatic N) is 1. The second-order valence-electron chi connectivity index (χ2n) is 6.16. The van der Waals surface area contributed by atoms with Gasteiger partial charge in [-0.2, -0.15) is 0 Å². The standard InChI is InChI=1S/C17H29BrN2O/c1-13(2)11-19-12-15-10-16(18)6-7-17(15)20(14(3)4)8-5-9-21/h6-7,10,13-14,19,21H,5,8-9,11-12H2,1-4H3. The van der Waals surface area contributed by atoms with E-state index >= 15 is 0 Å². The molecule has 1 rings (SSSR count). The molecule has 0 bridgehead atoms. The molecule has 0 fully saturated rings. The molecule has 0 radical (unpaired) electrons. The van der Waals surface area contributed by atoms with E-state index < -0.39 is 0 Å². The van der Waals surface area contributed by atoms with E-state index in [-0.39, 0.29) is 6.61 Å². The van der Waals surface area contributed by atoms with Crippen LogP contribution in [-0.4, -0.2) is 30.8 Å². The third-order valence-electron chi connectivity index (χ3n) is 3.40. The molecule has 0 unspecified atom stereocenters. The molecule has 120 valence electrons. The first-order valence-electron chi connectivity index (χ1n) is 7.82. The Kier molecular flexibility index (Phi) is 8.30. The van der Waals surface area contributed by atoms with Crippen molar-refractivity contribution in [2.24, 2.45) is 5.92 Å². The van der Waals surface area contributed by atoms with Crippen LogP contribution in [0.2, 0.25) is 0 Å². The van der Waals surface area contributed by atoms with E-state index in [1.54, 1.807) is 0 Å². The van der Waals surface area contributed by atoms with E-state index in [0.29, 0.717) is 12.0 Å². The summed E-state index contributed by atoms with van der Waals surface area (Å²) in [6.07, 6.45) is 0.799. The van der Waals surface area contributed by atoms with Gasteiger partial charge in [0.05, 0.1) is 0 Å². The van der Waals surface area contributed by atoms with Gasteiger partial charge in [-0.3, -0.25) is 0 Å². The summed E-state index contributed by atoms with van der Waals surface area (Å²) < 4.78 is 1.11. The molecule has 0 atom stereocenters. The van der Waals surface area contributed by atoms with Gasteiger partial charge in [-0.05, 0) is 56.5 Å². The number of hydrogen-bond acceptors (Lipinski definition) is 3. The molecular weight excluding hydrogens is 328 g/mol. The van der Waals surface area contributed by atoms with Gasteiger partial charge < -0.3 is 15.3 Å². The maximum absolute atomic E-state index is 9.11. The molecule has 0 heterocycles. The fourth-order valence-electron chi connectivity index (χ4n) is 2.37. The first-order chi connectivity index (χ1) is 9.95. The topological polar surface area (TPSA) is 35.5 Å². The lowest BCUT2D eigenvalue weighted by atomic mass is 10.1. The van der Waals surface area contributed by atoms with Gasteiger partial charge in [0.15, 0.2) is 0 Å². The van der Waals surface area contributed by atoms with E-state index in [2.05, 4.69) is 72.0 Å². The Morgan fingerprint density at radius 2 is 1.95 bits per heavy atom. The maximum atomic E-state index is 9.11. The summed E-state index contributed by atoms with van der Waals surface area (Å²) in [5.41, 5.74) is 2.56. The quantitative estimate of drug-likeness (QED) is 0.706. The van der Waals surface area contributed by atoms with Crippen LogP contribution >= 0.6 is 15.9 Å². The van der Waals surface area contributed by atoms with Crippen molar-refractivity contribution in [1.82, 2.24) is 5.32 Å². The highest BCUT2D eigenvalue weighted by molar-refractivity contribution is 9.10. The van der Waals surface area contributed by atoms with Crippen LogP contribution < -0.4 is 10.2 Å². The Hall–Kier alpha value is -0.580. The van der Waals surface area contributed by atoms with Gasteiger partial charge in [0, 0.05) is 35.9 Å². The van der Waals surface area contributed by atoms with Crippen LogP contribution in [0.1, 0.15) is 39.7 Å². The van der Waals surface area contributed by atoms with Crippen molar-refractivity contribution in [2.75, 3.05) is 24.6 Å². The Morgan fingerprint density at radius 3 is 2.52 bits per heavy atom. The van der Waals surface area contributed by atoms with Crippen molar-refractivity contribution in [3.63, 3.8) is 0 Å². The maximum Gasteiger partial charge on any atom is 0.0447 e. The molecule has 2 N–H and O–H groups in total. The van der Waals surface area contributed by atoms with Gasteiger partial charge in [0.1, 0.15) is 0 Å². The summed E-state index contributed by atoms with van der Waals surface area (Å²) in [7, 11) is 0. The molecule has 0 aliphatic heterocycles. The zero-order valence-electron chi connectivity index (χ0n) is 13.7. The van der Waals surface area contributed by atoms with Gasteiger partial charge in [0.2, 0.25) is 0 Å². The van der Waals surface area contributed by atoms with E-state index in [0.717, 1.165) is 30.5 Å². The highest BCUT2D eigenvalue weighted by Crippen LogP contribution is 2.26. The van der Waals surface area contributed by atoms with Crippen LogP contribution in [0.15, 0.2) is 22.7 Å². The molecule has 0 saturated carbocycles. The first-order valence-corrected chi connectivity index (χ1v) is 8.61. The minimum Gasteiger partial charge on any atom is -0.396 e. The minimum absolute atomic E-state index is 0.237. The molecule has 21 heavy (non-hydrogen) atoms. The Balaban J connectivity index is 2.91. The summed E-state index contributed by atoms with van der Waals surface area (Å²) in [4.78, 5) is 2.37. The molecule has 0 aliphatic rings. The summed E-state index contributed by atoms with van der Waals surface area (Å²) in [6, 6.07) is 6.88. The first kappa shape index (κ1) is 18.5. The molecule has 0 saturated heterocycles. The zero-order chi connectivity index (χ0) is 15.8. The second-order valence-corrected chi connectivity index (χ2v) is 7.08. The van der Waals surface area contributed by atoms with Crippen LogP contribution in [0.5, 0.6) is 0 Å². The number of aliphatic hydroxyl groups is 1. The van der Waals surface area contributed by atoms with Crippen molar-refractivity contribution in [3.8, 4) is 0 Å². The van der Waals surface area contributed by atoms with Crippen molar-refractivity contribution < 1.29 is 5.11 Å². The lowest BCUT2D eigenvalue weighted by molar-refractivity contribution is 0.288. The predicted molar refractivity (Wildman–Crippen MR) is 94.9 cm³/mol. The normalized spacial score (nSPS) is 11.4. The van der Waals surface area contributed by atoms with Gasteiger partial charge in [-0.25, -0.2) is 0 Å². The molecule has 3 nitrogen and oxygen atoms in total. The molecule has 1 aromatic carbocycles. The van der Waals surface area contributed by atoms with Crippen LogP contribution in [0.3, 0.4) is 0 Å². The predicted octanol–water partition coefficient (Wildman–Crippen LogP) is 3.79.